The highest BCUT2D eigenvalue weighted by Gasteiger charge is 2.38. The number of aliphatic imine (C=N–C) groups is 1. The van der Waals surface area contributed by atoms with Gasteiger partial charge in [-0.3, -0.25) is 4.79 Å². The molecule has 1 saturated carbocycles. The summed E-state index contributed by atoms with van der Waals surface area (Å²) in [5.74, 6) is 0.240. The van der Waals surface area contributed by atoms with Crippen LogP contribution in [0.5, 0.6) is 0 Å². The molecule has 0 spiro atoms. The normalized spacial score (nSPS) is 15.9. The molecule has 0 unspecified atom stereocenters. The first kappa shape index (κ1) is 24.4. The summed E-state index contributed by atoms with van der Waals surface area (Å²) < 4.78 is 41.0. The maximum atomic E-state index is 13.7. The van der Waals surface area contributed by atoms with E-state index in [9.17, 15) is 18.0 Å². The molecule has 0 radical (unpaired) electrons. The Bertz CT molecular complexity index is 979. The number of nitrogens with zero attached hydrogens (tertiary/aromatic N) is 2. The molecule has 0 atom stereocenters. The molecule has 8 heteroatoms. The van der Waals surface area contributed by atoms with E-state index in [1.165, 1.54) is 18.6 Å². The second kappa shape index (κ2) is 11.0. The second-order valence-corrected chi connectivity index (χ2v) is 8.23. The zero-order valence-electron chi connectivity index (χ0n) is 18.6. The summed E-state index contributed by atoms with van der Waals surface area (Å²) in [6.45, 7) is 0.443. The van der Waals surface area contributed by atoms with Crippen molar-refractivity contribution in [2.24, 2.45) is 16.6 Å². The Kier molecular flexibility index (Phi) is 8.14. The van der Waals surface area contributed by atoms with E-state index < -0.39 is 11.9 Å². The summed E-state index contributed by atoms with van der Waals surface area (Å²) in [4.78, 5) is 18.1. The Hall–Kier alpha value is -3.29. The Morgan fingerprint density at radius 1 is 1.09 bits per heavy atom. The molecule has 5 nitrogen and oxygen atoms in total. The fourth-order valence-corrected chi connectivity index (χ4v) is 3.95. The van der Waals surface area contributed by atoms with Gasteiger partial charge >= 0.3 is 6.18 Å². The van der Waals surface area contributed by atoms with Gasteiger partial charge in [0.15, 0.2) is 5.71 Å². The maximum Gasteiger partial charge on any atom is 0.435 e. The summed E-state index contributed by atoms with van der Waals surface area (Å²) in [6, 6.07) is 14.8. The molecule has 176 valence electrons. The van der Waals surface area contributed by atoms with Gasteiger partial charge in [0, 0.05) is 31.4 Å². The third-order valence-electron chi connectivity index (χ3n) is 5.67. The first-order valence-electron chi connectivity index (χ1n) is 11.0. The molecule has 1 amide bonds. The minimum Gasteiger partial charge on any atom is -0.403 e. The Balaban J connectivity index is 1.69. The number of allylic oxidation sites excluding steroid dienone is 1. The van der Waals surface area contributed by atoms with Crippen molar-refractivity contribution in [1.82, 2.24) is 4.90 Å². The molecule has 3 rings (SSSR count). The number of nitrogens with two attached hydrogens (primary N) is 1. The number of halogens is 3. The summed E-state index contributed by atoms with van der Waals surface area (Å²) >= 11 is 0. The number of nitrogens with one attached hydrogen (secondary N) is 1. The quantitative estimate of drug-likeness (QED) is 0.517. The number of alkyl halides is 3. The van der Waals surface area contributed by atoms with E-state index in [1.807, 2.05) is 0 Å². The van der Waals surface area contributed by atoms with E-state index in [0.29, 0.717) is 12.2 Å². The van der Waals surface area contributed by atoms with Gasteiger partial charge in [-0.2, -0.15) is 13.2 Å². The van der Waals surface area contributed by atoms with Crippen LogP contribution in [-0.4, -0.2) is 29.7 Å². The summed E-state index contributed by atoms with van der Waals surface area (Å²) in [7, 11) is 1.79. The number of benzene rings is 2. The molecule has 33 heavy (non-hydrogen) atoms. The SMILES string of the molecule is CN(Cc1ccc(NC(=CN)C(=Nc2ccccc2)C(F)(F)F)cc1)C(=O)C1CCCCC1. The minimum atomic E-state index is -4.70. The summed E-state index contributed by atoms with van der Waals surface area (Å²) in [5.41, 5.74) is 5.56. The molecular weight excluding hydrogens is 429 g/mol. The van der Waals surface area contributed by atoms with Gasteiger partial charge in [0.2, 0.25) is 5.91 Å². The lowest BCUT2D eigenvalue weighted by Gasteiger charge is -2.26. The molecular formula is C25H29F3N4O. The highest BCUT2D eigenvalue weighted by molar-refractivity contribution is 6.07. The topological polar surface area (TPSA) is 70.7 Å². The van der Waals surface area contributed by atoms with E-state index in [-0.39, 0.29) is 23.2 Å². The third-order valence-corrected chi connectivity index (χ3v) is 5.67. The molecule has 3 N–H and O–H groups in total. The van der Waals surface area contributed by atoms with Crippen molar-refractivity contribution < 1.29 is 18.0 Å². The molecule has 1 aliphatic rings. The van der Waals surface area contributed by atoms with Gasteiger partial charge in [-0.05, 0) is 42.7 Å². The smallest absolute Gasteiger partial charge is 0.403 e. The van der Waals surface area contributed by atoms with Crippen LogP contribution >= 0.6 is 0 Å². The Morgan fingerprint density at radius 3 is 2.30 bits per heavy atom. The number of carbonyl (C=O) groups is 1. The van der Waals surface area contributed by atoms with Crippen LogP contribution < -0.4 is 11.1 Å². The number of hydrogen-bond donors (Lipinski definition) is 2. The van der Waals surface area contributed by atoms with Gasteiger partial charge in [0.25, 0.3) is 0 Å². The zero-order chi connectivity index (χ0) is 23.8. The number of anilines is 1. The second-order valence-electron chi connectivity index (χ2n) is 8.23. The van der Waals surface area contributed by atoms with Crippen molar-refractivity contribution in [2.75, 3.05) is 12.4 Å². The molecule has 0 saturated heterocycles. The predicted molar refractivity (Wildman–Crippen MR) is 125 cm³/mol. The Morgan fingerprint density at radius 2 is 1.73 bits per heavy atom. The van der Waals surface area contributed by atoms with Crippen LogP contribution in [0.3, 0.4) is 0 Å². The minimum absolute atomic E-state index is 0.0895. The fourth-order valence-electron chi connectivity index (χ4n) is 3.95. The van der Waals surface area contributed by atoms with Crippen molar-refractivity contribution in [1.29, 1.82) is 0 Å². The lowest BCUT2D eigenvalue weighted by atomic mass is 9.88. The van der Waals surface area contributed by atoms with Crippen molar-refractivity contribution in [3.05, 3.63) is 72.1 Å². The molecule has 0 aliphatic heterocycles. The van der Waals surface area contributed by atoms with Crippen LogP contribution in [-0.2, 0) is 11.3 Å². The van der Waals surface area contributed by atoms with E-state index in [0.717, 1.165) is 37.4 Å². The van der Waals surface area contributed by atoms with Gasteiger partial charge in [-0.15, -0.1) is 0 Å². The van der Waals surface area contributed by atoms with E-state index >= 15 is 0 Å². The Labute approximate surface area is 192 Å². The lowest BCUT2D eigenvalue weighted by molar-refractivity contribution is -0.135. The number of carbonyl (C=O) groups excluding carboxylic acids is 1. The largest absolute Gasteiger partial charge is 0.435 e. The first-order chi connectivity index (χ1) is 15.8. The van der Waals surface area contributed by atoms with Crippen LogP contribution in [0.25, 0.3) is 0 Å². The van der Waals surface area contributed by atoms with Gasteiger partial charge in [0.05, 0.1) is 11.4 Å². The monoisotopic (exact) mass is 458 g/mol. The average molecular weight is 459 g/mol. The van der Waals surface area contributed by atoms with Crippen LogP contribution in [0, 0.1) is 5.92 Å². The van der Waals surface area contributed by atoms with Gasteiger partial charge in [0.1, 0.15) is 0 Å². The number of hydrogen-bond acceptors (Lipinski definition) is 4. The molecule has 0 bridgehead atoms. The number of para-hydroxylation sites is 1. The van der Waals surface area contributed by atoms with Crippen molar-refractivity contribution >= 4 is 23.0 Å². The molecule has 2 aromatic rings. The molecule has 0 heterocycles. The fraction of sp³-hybridized carbons (Fsp3) is 0.360. The van der Waals surface area contributed by atoms with Crippen molar-refractivity contribution in [2.45, 2.75) is 44.8 Å². The summed E-state index contributed by atoms with van der Waals surface area (Å²) in [6.07, 6.45) is 1.41. The number of rotatable bonds is 7. The molecule has 2 aromatic carbocycles. The van der Waals surface area contributed by atoms with Gasteiger partial charge in [-0.1, -0.05) is 49.6 Å². The third kappa shape index (κ3) is 6.84. The highest BCUT2D eigenvalue weighted by atomic mass is 19.4. The van der Waals surface area contributed by atoms with E-state index in [4.69, 9.17) is 5.73 Å². The lowest BCUT2D eigenvalue weighted by Crippen LogP contribution is -2.33. The predicted octanol–water partition coefficient (Wildman–Crippen LogP) is 5.77. The molecule has 0 aromatic heterocycles. The van der Waals surface area contributed by atoms with E-state index in [2.05, 4.69) is 10.3 Å². The van der Waals surface area contributed by atoms with E-state index in [1.54, 1.807) is 54.4 Å². The first-order valence-corrected chi connectivity index (χ1v) is 11.0. The highest BCUT2D eigenvalue weighted by Crippen LogP contribution is 2.28. The molecule has 1 aliphatic carbocycles. The van der Waals surface area contributed by atoms with Crippen LogP contribution in [0.1, 0.15) is 37.7 Å². The van der Waals surface area contributed by atoms with Crippen molar-refractivity contribution in [3.8, 4) is 0 Å². The van der Waals surface area contributed by atoms with Gasteiger partial charge in [-0.25, -0.2) is 4.99 Å². The zero-order valence-corrected chi connectivity index (χ0v) is 18.6. The maximum absolute atomic E-state index is 13.7. The standard InChI is InChI=1S/C25H29F3N4O/c1-32(24(33)19-8-4-2-5-9-19)17-18-12-14-21(15-13-18)30-22(16-29)23(25(26,27)28)31-20-10-6-3-7-11-20/h3,6-7,10-16,19,30H,2,4-5,8-9,17,29H2,1H3. The van der Waals surface area contributed by atoms with Crippen LogP contribution in [0.15, 0.2) is 71.5 Å². The van der Waals surface area contributed by atoms with Crippen LogP contribution in [0.2, 0.25) is 0 Å². The molecule has 1 fully saturated rings. The van der Waals surface area contributed by atoms with Gasteiger partial charge < -0.3 is 16.0 Å². The average Bonchev–Trinajstić information content (AvgIpc) is 2.82. The summed E-state index contributed by atoms with van der Waals surface area (Å²) in [5, 5.41) is 2.72. The van der Waals surface area contributed by atoms with Crippen molar-refractivity contribution in [3.63, 3.8) is 0 Å². The van der Waals surface area contributed by atoms with Crippen LogP contribution in [0.4, 0.5) is 24.5 Å². The number of amides is 1.